The molecule has 0 spiro atoms. The van der Waals surface area contributed by atoms with Gasteiger partial charge < -0.3 is 43.9 Å². The van der Waals surface area contributed by atoms with Gasteiger partial charge in [-0.3, -0.25) is 0 Å². The molecule has 6 rings (SSSR count). The van der Waals surface area contributed by atoms with E-state index < -0.39 is 43.2 Å². The van der Waals surface area contributed by atoms with Crippen LogP contribution in [0.2, 0.25) is 10.0 Å². The van der Waals surface area contributed by atoms with Crippen LogP contribution >= 0.6 is 35.6 Å². The van der Waals surface area contributed by atoms with E-state index in [1.165, 1.54) is 0 Å². The summed E-state index contributed by atoms with van der Waals surface area (Å²) in [5, 5.41) is 3.94. The Labute approximate surface area is 282 Å². The zero-order valence-corrected chi connectivity index (χ0v) is 28.3. The molecule has 0 fully saturated rings. The van der Waals surface area contributed by atoms with E-state index in [4.69, 9.17) is 61.8 Å². The number of nitrogens with one attached hydrogen (secondary N) is 1. The van der Waals surface area contributed by atoms with Crippen molar-refractivity contribution in [1.29, 1.82) is 0 Å². The molecule has 0 saturated carbocycles. The number of ether oxygens (including phenoxy) is 3. The topological polar surface area (TPSA) is 120 Å². The number of benzene rings is 2. The van der Waals surface area contributed by atoms with E-state index in [2.05, 4.69) is 5.32 Å². The molecule has 3 N–H and O–H groups in total. The molecule has 2 atom stereocenters. The lowest BCUT2D eigenvalue weighted by Crippen LogP contribution is -2.41. The number of halogens is 3. The first-order chi connectivity index (χ1) is 20.1. The Hall–Kier alpha value is -1.89. The van der Waals surface area contributed by atoms with Gasteiger partial charge in [-0.1, -0.05) is 30.6 Å². The van der Waals surface area contributed by atoms with Gasteiger partial charge in [0.1, 0.15) is 30.3 Å². The molecule has 0 bridgehead atoms. The van der Waals surface area contributed by atoms with Crippen molar-refractivity contribution < 1.29 is 37.6 Å². The second-order valence-electron chi connectivity index (χ2n) is 13.1. The SMILES string of the molecule is C.CC(C)(C)OC(=O)NC[C@H]1OB2OC(C)(C)COc3ccc(Cl)c1c32.CC1(C)COc2ccc(Cl)c3c2B(O[C@@H]3CN)O1.Cl. The lowest BCUT2D eigenvalue weighted by atomic mass is 9.77. The maximum absolute atomic E-state index is 11.9. The van der Waals surface area contributed by atoms with Crippen LogP contribution in [0.1, 0.15) is 79.2 Å². The van der Waals surface area contributed by atoms with E-state index in [1.54, 1.807) is 6.07 Å². The average Bonchev–Trinajstić information content (AvgIpc) is 3.37. The number of hydrogen-bond acceptors (Lipinski definition) is 9. The van der Waals surface area contributed by atoms with Crippen LogP contribution < -0.4 is 31.4 Å². The highest BCUT2D eigenvalue weighted by Crippen LogP contribution is 2.38. The van der Waals surface area contributed by atoms with Crippen LogP contribution in [0.15, 0.2) is 24.3 Å². The van der Waals surface area contributed by atoms with E-state index in [0.717, 1.165) is 27.8 Å². The smallest absolute Gasteiger partial charge is 0.491 e. The molecule has 15 heteroatoms. The van der Waals surface area contributed by atoms with Gasteiger partial charge in [-0.2, -0.15) is 0 Å². The molecule has 4 aliphatic rings. The van der Waals surface area contributed by atoms with Crippen LogP contribution in [0.3, 0.4) is 0 Å². The van der Waals surface area contributed by atoms with E-state index in [-0.39, 0.29) is 32.5 Å². The quantitative estimate of drug-likeness (QED) is 0.424. The Morgan fingerprint density at radius 2 is 1.36 bits per heavy atom. The molecule has 248 valence electrons. The number of hydrogen-bond donors (Lipinski definition) is 2. The van der Waals surface area contributed by atoms with Gasteiger partial charge in [-0.05, 0) is 72.7 Å². The summed E-state index contributed by atoms with van der Waals surface area (Å²) in [5.74, 6) is 1.48. The van der Waals surface area contributed by atoms with Gasteiger partial charge in [-0.15, -0.1) is 12.4 Å². The lowest BCUT2D eigenvalue weighted by molar-refractivity contribution is 0.0250. The predicted molar refractivity (Wildman–Crippen MR) is 180 cm³/mol. The molecule has 0 radical (unpaired) electrons. The van der Waals surface area contributed by atoms with Crippen LogP contribution in [0, 0.1) is 0 Å². The summed E-state index contributed by atoms with van der Waals surface area (Å²) in [6, 6.07) is 7.29. The summed E-state index contributed by atoms with van der Waals surface area (Å²) in [5.41, 5.74) is 7.65. The van der Waals surface area contributed by atoms with Crippen LogP contribution in [-0.4, -0.2) is 63.4 Å². The maximum Gasteiger partial charge on any atom is 0.499 e. The molecule has 2 aromatic rings. The Morgan fingerprint density at radius 3 is 1.80 bits per heavy atom. The number of amides is 1. The number of nitrogens with two attached hydrogens (primary N) is 1. The zero-order valence-electron chi connectivity index (χ0n) is 26.0. The molecule has 0 aromatic heterocycles. The first kappa shape index (κ1) is 37.6. The molecular formula is C30H43B2Cl3N2O8. The van der Waals surface area contributed by atoms with Crippen molar-refractivity contribution in [2.24, 2.45) is 5.73 Å². The van der Waals surface area contributed by atoms with Gasteiger partial charge >= 0.3 is 20.3 Å². The number of carbonyl (C=O) groups excluding carboxylic acids is 1. The Balaban J connectivity index is 0.000000246. The minimum absolute atomic E-state index is 0. The molecule has 1 amide bonds. The summed E-state index contributed by atoms with van der Waals surface area (Å²) in [6.45, 7) is 14.8. The Morgan fingerprint density at radius 1 is 0.911 bits per heavy atom. The van der Waals surface area contributed by atoms with Crippen molar-refractivity contribution in [1.82, 2.24) is 5.32 Å². The van der Waals surface area contributed by atoms with E-state index in [9.17, 15) is 4.79 Å². The van der Waals surface area contributed by atoms with Crippen molar-refractivity contribution in [3.8, 4) is 11.5 Å². The summed E-state index contributed by atoms with van der Waals surface area (Å²) in [4.78, 5) is 11.9. The second kappa shape index (κ2) is 14.1. The van der Waals surface area contributed by atoms with Crippen molar-refractivity contribution in [2.45, 2.75) is 84.9 Å². The van der Waals surface area contributed by atoms with Gasteiger partial charge in [0.15, 0.2) is 0 Å². The highest BCUT2D eigenvalue weighted by molar-refractivity contribution is 6.65. The summed E-state index contributed by atoms with van der Waals surface area (Å²) in [6.07, 6.45) is -1.16. The van der Waals surface area contributed by atoms with E-state index in [0.29, 0.717) is 35.6 Å². The van der Waals surface area contributed by atoms with Crippen LogP contribution in [0.5, 0.6) is 11.5 Å². The largest absolute Gasteiger partial charge is 0.499 e. The minimum Gasteiger partial charge on any atom is -0.491 e. The van der Waals surface area contributed by atoms with Crippen LogP contribution in [0.25, 0.3) is 0 Å². The number of rotatable bonds is 3. The Kier molecular flexibility index (Phi) is 11.7. The van der Waals surface area contributed by atoms with Crippen LogP contribution in [-0.2, 0) is 23.4 Å². The predicted octanol–water partition coefficient (Wildman–Crippen LogP) is 5.13. The first-order valence-electron chi connectivity index (χ1n) is 14.3. The van der Waals surface area contributed by atoms with Gasteiger partial charge in [-0.25, -0.2) is 4.79 Å². The fourth-order valence-corrected chi connectivity index (χ4v) is 5.85. The zero-order chi connectivity index (χ0) is 31.3. The van der Waals surface area contributed by atoms with Gasteiger partial charge in [0.25, 0.3) is 0 Å². The van der Waals surface area contributed by atoms with Crippen molar-refractivity contribution >= 4 is 66.9 Å². The second-order valence-corrected chi connectivity index (χ2v) is 13.9. The van der Waals surface area contributed by atoms with Crippen molar-refractivity contribution in [3.05, 3.63) is 45.4 Å². The molecule has 0 aliphatic carbocycles. The Bertz CT molecular complexity index is 1390. The minimum atomic E-state index is -0.577. The van der Waals surface area contributed by atoms with Crippen LogP contribution in [0.4, 0.5) is 4.79 Å². The lowest BCUT2D eigenvalue weighted by Gasteiger charge is -2.25. The van der Waals surface area contributed by atoms with Gasteiger partial charge in [0, 0.05) is 45.2 Å². The molecule has 4 aliphatic heterocycles. The molecule has 0 unspecified atom stereocenters. The highest BCUT2D eigenvalue weighted by Gasteiger charge is 2.47. The first-order valence-corrected chi connectivity index (χ1v) is 15.1. The summed E-state index contributed by atoms with van der Waals surface area (Å²) < 4.78 is 40.8. The summed E-state index contributed by atoms with van der Waals surface area (Å²) >= 11 is 12.6. The molecule has 10 nitrogen and oxygen atoms in total. The average molecular weight is 688 g/mol. The molecule has 45 heavy (non-hydrogen) atoms. The fraction of sp³-hybridized carbons (Fsp3) is 0.567. The third-order valence-corrected chi connectivity index (χ3v) is 7.79. The van der Waals surface area contributed by atoms with Gasteiger partial charge in [0.2, 0.25) is 0 Å². The molecular weight excluding hydrogens is 644 g/mol. The molecule has 4 heterocycles. The fourth-order valence-electron chi connectivity index (χ4n) is 5.28. The third-order valence-electron chi connectivity index (χ3n) is 7.13. The number of alkyl carbamates (subject to hydrolysis) is 1. The monoisotopic (exact) mass is 686 g/mol. The van der Waals surface area contributed by atoms with Gasteiger partial charge in [0.05, 0.1) is 23.4 Å². The molecule has 2 aromatic carbocycles. The van der Waals surface area contributed by atoms with E-state index in [1.807, 2.05) is 66.7 Å². The number of carbonyl (C=O) groups is 1. The third kappa shape index (κ3) is 8.34. The normalized spacial score (nSPS) is 21.6. The molecule has 0 saturated heterocycles. The maximum atomic E-state index is 11.9. The van der Waals surface area contributed by atoms with E-state index >= 15 is 0 Å². The highest BCUT2D eigenvalue weighted by atomic mass is 35.5. The van der Waals surface area contributed by atoms with Crippen molar-refractivity contribution in [3.63, 3.8) is 0 Å². The standard InChI is InChI=1S/C17H23BClNO5.C12H15BClNO3.CH4.ClH/c1-16(2,3)23-15(21)20-8-12-13-10(19)6-7-11-14(13)18(24-12)25-17(4,5)9-22-11;1-12(2)6-16-8-4-3-7(14)10-9(5-15)17-13(18-12)11(8)10;;/h6-7,12H,8-9H2,1-5H3,(H,20,21);3-4,9H,5-6,15H2,1-2H3;1H4;1H/t12-;9-;;/m11../s1. The van der Waals surface area contributed by atoms with Crippen molar-refractivity contribution in [2.75, 3.05) is 26.3 Å². The summed E-state index contributed by atoms with van der Waals surface area (Å²) in [7, 11) is -1.02.